The number of hydrogen-bond acceptors (Lipinski definition) is 5. The first-order valence-electron chi connectivity index (χ1n) is 6.42. The number of benzene rings is 1. The van der Waals surface area contributed by atoms with E-state index in [1.165, 1.54) is 30.7 Å². The first-order valence-corrected chi connectivity index (χ1v) is 7.86. The first-order chi connectivity index (χ1) is 9.88. The van der Waals surface area contributed by atoms with Crippen LogP contribution >= 0.6 is 0 Å². The van der Waals surface area contributed by atoms with Crippen LogP contribution in [-0.2, 0) is 14.8 Å². The van der Waals surface area contributed by atoms with Crippen molar-refractivity contribution >= 4 is 15.7 Å². The van der Waals surface area contributed by atoms with Gasteiger partial charge in [0.15, 0.2) is 0 Å². The minimum atomic E-state index is -3.74. The van der Waals surface area contributed by atoms with Gasteiger partial charge in [-0.25, -0.2) is 8.42 Å². The molecule has 0 saturated heterocycles. The molecule has 1 aromatic rings. The molecule has 0 unspecified atom stereocenters. The molecule has 0 amide bonds. The molecule has 0 fully saturated rings. The summed E-state index contributed by atoms with van der Waals surface area (Å²) in [6.07, 6.45) is 1.53. The summed E-state index contributed by atoms with van der Waals surface area (Å²) in [5, 5.41) is 0. The number of rotatable bonds is 8. The van der Waals surface area contributed by atoms with E-state index in [0.29, 0.717) is 5.69 Å². The summed E-state index contributed by atoms with van der Waals surface area (Å²) in [6.45, 7) is 6.08. The summed E-state index contributed by atoms with van der Waals surface area (Å²) >= 11 is 0. The Labute approximate surface area is 126 Å². The van der Waals surface area contributed by atoms with Crippen molar-refractivity contribution in [3.63, 3.8) is 0 Å². The first kappa shape index (κ1) is 17.5. The molecule has 6 nitrogen and oxygen atoms in total. The van der Waals surface area contributed by atoms with Gasteiger partial charge in [-0.15, -0.1) is 6.58 Å². The van der Waals surface area contributed by atoms with Crippen LogP contribution in [0.4, 0.5) is 5.69 Å². The third-order valence-corrected chi connectivity index (χ3v) is 4.93. The standard InChI is InChI=1S/C14H22N2O4S/c1-5-6-16(7-8-19-3)21(17,18)14-10-12(15)11(2)9-13(14)20-4/h5,9-10H,1,6-8,15H2,2-4H3. The predicted molar refractivity (Wildman–Crippen MR) is 83.0 cm³/mol. The Bertz CT molecular complexity index is 599. The molecule has 0 heterocycles. The van der Waals surface area contributed by atoms with Gasteiger partial charge in [0.1, 0.15) is 10.6 Å². The minimum Gasteiger partial charge on any atom is -0.495 e. The predicted octanol–water partition coefficient (Wildman–Crippen LogP) is 1.41. The Balaban J connectivity index is 3.32. The average Bonchev–Trinajstić information content (AvgIpc) is 2.45. The third kappa shape index (κ3) is 3.96. The molecule has 1 aromatic carbocycles. The zero-order chi connectivity index (χ0) is 16.0. The Kier molecular flexibility index (Phi) is 6.19. The minimum absolute atomic E-state index is 0.0473. The molecule has 0 bridgehead atoms. The molecular weight excluding hydrogens is 292 g/mol. The molecule has 0 atom stereocenters. The molecule has 1 rings (SSSR count). The summed E-state index contributed by atoms with van der Waals surface area (Å²) in [4.78, 5) is 0.0473. The number of nitrogens with zero attached hydrogens (tertiary/aromatic N) is 1. The van der Waals surface area contributed by atoms with Gasteiger partial charge in [0.25, 0.3) is 0 Å². The number of nitrogen functional groups attached to an aromatic ring is 1. The second-order valence-electron chi connectivity index (χ2n) is 4.50. The van der Waals surface area contributed by atoms with Gasteiger partial charge in [-0.1, -0.05) is 6.08 Å². The van der Waals surface area contributed by atoms with Crippen LogP contribution < -0.4 is 10.5 Å². The number of ether oxygens (including phenoxy) is 2. The quantitative estimate of drug-likeness (QED) is 0.579. The largest absolute Gasteiger partial charge is 0.495 e. The van der Waals surface area contributed by atoms with Gasteiger partial charge in [-0.05, 0) is 24.6 Å². The zero-order valence-electron chi connectivity index (χ0n) is 12.6. The van der Waals surface area contributed by atoms with Crippen LogP contribution in [0, 0.1) is 6.92 Å². The van der Waals surface area contributed by atoms with Crippen molar-refractivity contribution in [1.82, 2.24) is 4.31 Å². The molecule has 2 N–H and O–H groups in total. The van der Waals surface area contributed by atoms with Crippen molar-refractivity contribution in [1.29, 1.82) is 0 Å². The fourth-order valence-corrected chi connectivity index (χ4v) is 3.39. The van der Waals surface area contributed by atoms with Crippen molar-refractivity contribution in [2.24, 2.45) is 0 Å². The summed E-state index contributed by atoms with van der Waals surface area (Å²) in [5.41, 5.74) is 7.00. The molecule has 0 aromatic heterocycles. The topological polar surface area (TPSA) is 81.9 Å². The monoisotopic (exact) mass is 314 g/mol. The molecule has 0 spiro atoms. The van der Waals surface area contributed by atoms with Crippen LogP contribution in [0.25, 0.3) is 0 Å². The van der Waals surface area contributed by atoms with E-state index >= 15 is 0 Å². The van der Waals surface area contributed by atoms with E-state index in [1.54, 1.807) is 13.0 Å². The van der Waals surface area contributed by atoms with Gasteiger partial charge in [0, 0.05) is 25.9 Å². The van der Waals surface area contributed by atoms with Crippen molar-refractivity contribution in [3.8, 4) is 5.75 Å². The lowest BCUT2D eigenvalue weighted by atomic mass is 10.2. The molecule has 118 valence electrons. The highest BCUT2D eigenvalue weighted by Gasteiger charge is 2.27. The second-order valence-corrected chi connectivity index (χ2v) is 6.41. The summed E-state index contributed by atoms with van der Waals surface area (Å²) in [6, 6.07) is 3.04. The Morgan fingerprint density at radius 1 is 1.38 bits per heavy atom. The van der Waals surface area contributed by atoms with E-state index in [9.17, 15) is 8.42 Å². The van der Waals surface area contributed by atoms with Crippen molar-refractivity contribution in [2.75, 3.05) is 39.6 Å². The Morgan fingerprint density at radius 2 is 2.05 bits per heavy atom. The molecule has 21 heavy (non-hydrogen) atoms. The van der Waals surface area contributed by atoms with Crippen LogP contribution in [0.3, 0.4) is 0 Å². The smallest absolute Gasteiger partial charge is 0.247 e. The lowest BCUT2D eigenvalue weighted by Gasteiger charge is -2.22. The summed E-state index contributed by atoms with van der Waals surface area (Å²) in [7, 11) is -0.796. The van der Waals surface area contributed by atoms with Crippen LogP contribution in [0.5, 0.6) is 5.75 Å². The SMILES string of the molecule is C=CCN(CCOC)S(=O)(=O)c1cc(N)c(C)cc1OC. The van der Waals surface area contributed by atoms with Crippen LogP contribution in [0.15, 0.2) is 29.7 Å². The number of nitrogens with two attached hydrogens (primary N) is 1. The zero-order valence-corrected chi connectivity index (χ0v) is 13.4. The van der Waals surface area contributed by atoms with Gasteiger partial charge in [0.2, 0.25) is 10.0 Å². The number of aryl methyl sites for hydroxylation is 1. The molecular formula is C14H22N2O4S. The van der Waals surface area contributed by atoms with Crippen molar-refractivity contribution in [2.45, 2.75) is 11.8 Å². The maximum Gasteiger partial charge on any atom is 0.247 e. The third-order valence-electron chi connectivity index (χ3n) is 3.05. The summed E-state index contributed by atoms with van der Waals surface area (Å²) < 4.78 is 36.9. The van der Waals surface area contributed by atoms with Gasteiger partial charge < -0.3 is 15.2 Å². The number of sulfonamides is 1. The number of hydrogen-bond donors (Lipinski definition) is 1. The van der Waals surface area contributed by atoms with E-state index in [4.69, 9.17) is 15.2 Å². The summed E-state index contributed by atoms with van der Waals surface area (Å²) in [5.74, 6) is 0.271. The number of methoxy groups -OCH3 is 2. The van der Waals surface area contributed by atoms with Crippen LogP contribution in [0.1, 0.15) is 5.56 Å². The highest BCUT2D eigenvalue weighted by Crippen LogP contribution is 2.31. The van der Waals surface area contributed by atoms with Crippen molar-refractivity contribution < 1.29 is 17.9 Å². The van der Waals surface area contributed by atoms with E-state index in [0.717, 1.165) is 5.56 Å². The fourth-order valence-electron chi connectivity index (χ4n) is 1.82. The van der Waals surface area contributed by atoms with Gasteiger partial charge >= 0.3 is 0 Å². The van der Waals surface area contributed by atoms with E-state index in [2.05, 4.69) is 6.58 Å². The highest BCUT2D eigenvalue weighted by atomic mass is 32.2. The van der Waals surface area contributed by atoms with Gasteiger partial charge in [0.05, 0.1) is 13.7 Å². The normalized spacial score (nSPS) is 11.6. The van der Waals surface area contributed by atoms with Crippen LogP contribution in [0.2, 0.25) is 0 Å². The lowest BCUT2D eigenvalue weighted by molar-refractivity contribution is 0.182. The highest BCUT2D eigenvalue weighted by molar-refractivity contribution is 7.89. The van der Waals surface area contributed by atoms with Crippen LogP contribution in [-0.4, -0.2) is 46.6 Å². The van der Waals surface area contributed by atoms with Gasteiger partial charge in [-0.2, -0.15) is 4.31 Å². The lowest BCUT2D eigenvalue weighted by Crippen LogP contribution is -2.34. The molecule has 0 aliphatic heterocycles. The Morgan fingerprint density at radius 3 is 2.57 bits per heavy atom. The fraction of sp³-hybridized carbons (Fsp3) is 0.429. The van der Waals surface area contributed by atoms with E-state index < -0.39 is 10.0 Å². The average molecular weight is 314 g/mol. The Hall–Kier alpha value is -1.57. The van der Waals surface area contributed by atoms with Crippen molar-refractivity contribution in [3.05, 3.63) is 30.4 Å². The molecule has 0 saturated carbocycles. The van der Waals surface area contributed by atoms with E-state index in [1.807, 2.05) is 0 Å². The van der Waals surface area contributed by atoms with E-state index in [-0.39, 0.29) is 30.3 Å². The maximum atomic E-state index is 12.8. The molecule has 7 heteroatoms. The molecule has 0 aliphatic carbocycles. The maximum absolute atomic E-state index is 12.8. The van der Waals surface area contributed by atoms with Gasteiger partial charge in [-0.3, -0.25) is 0 Å². The second kappa shape index (κ2) is 7.44. The number of anilines is 1. The molecule has 0 aliphatic rings. The molecule has 0 radical (unpaired) electrons.